The molecule has 0 unspecified atom stereocenters. The molecule has 0 saturated carbocycles. The van der Waals surface area contributed by atoms with E-state index in [0.29, 0.717) is 10.9 Å². The van der Waals surface area contributed by atoms with Gasteiger partial charge in [-0.05, 0) is 6.07 Å². The number of para-hydroxylation sites is 1. The predicted molar refractivity (Wildman–Crippen MR) is 58.1 cm³/mol. The number of rotatable bonds is 1. The minimum atomic E-state index is -0.827. The Kier molecular flexibility index (Phi) is 2.21. The highest BCUT2D eigenvalue weighted by molar-refractivity contribution is 6.38. The smallest absolute Gasteiger partial charge is 0.262 e. The number of hydrogen-bond acceptors (Lipinski definition) is 2. The second-order valence-corrected chi connectivity index (χ2v) is 3.43. The van der Waals surface area contributed by atoms with Crippen LogP contribution in [0, 0.1) is 0 Å². The summed E-state index contributed by atoms with van der Waals surface area (Å²) in [4.78, 5) is 25.0. The lowest BCUT2D eigenvalue weighted by atomic mass is 10.1. The van der Waals surface area contributed by atoms with Gasteiger partial charge in [0.2, 0.25) is 0 Å². The molecule has 76 valence electrons. The van der Waals surface area contributed by atoms with Crippen molar-refractivity contribution in [1.82, 2.24) is 4.98 Å². The van der Waals surface area contributed by atoms with Crippen LogP contribution in [0.5, 0.6) is 0 Å². The summed E-state index contributed by atoms with van der Waals surface area (Å²) >= 11 is 5.92. The number of primary amides is 1. The van der Waals surface area contributed by atoms with Crippen LogP contribution in [-0.4, -0.2) is 10.9 Å². The highest BCUT2D eigenvalue weighted by Gasteiger charge is 2.14. The molecule has 1 aromatic carbocycles. The number of benzene rings is 1. The van der Waals surface area contributed by atoms with E-state index in [1.165, 1.54) is 0 Å². The van der Waals surface area contributed by atoms with Crippen molar-refractivity contribution in [3.8, 4) is 0 Å². The van der Waals surface area contributed by atoms with Crippen molar-refractivity contribution in [2.45, 2.75) is 0 Å². The molecule has 0 bridgehead atoms. The zero-order valence-corrected chi connectivity index (χ0v) is 8.34. The van der Waals surface area contributed by atoms with Gasteiger partial charge in [0.25, 0.3) is 11.5 Å². The Morgan fingerprint density at radius 3 is 2.67 bits per heavy atom. The van der Waals surface area contributed by atoms with Gasteiger partial charge in [-0.2, -0.15) is 0 Å². The fourth-order valence-corrected chi connectivity index (χ4v) is 1.77. The molecule has 0 saturated heterocycles. The predicted octanol–water partition coefficient (Wildman–Crippen LogP) is 1.28. The van der Waals surface area contributed by atoms with Crippen LogP contribution in [0.3, 0.4) is 0 Å². The number of halogens is 1. The number of nitrogens with two attached hydrogens (primary N) is 1. The summed E-state index contributed by atoms with van der Waals surface area (Å²) in [6.45, 7) is 0. The lowest BCUT2D eigenvalue weighted by Crippen LogP contribution is -2.24. The van der Waals surface area contributed by atoms with E-state index in [-0.39, 0.29) is 10.6 Å². The standard InChI is InChI=1S/C10H7ClN2O2/c11-8-5-3-1-2-4-6(5)13-10(15)7(8)9(12)14/h1-4H,(H2,12,14)(H,13,15). The first-order valence-corrected chi connectivity index (χ1v) is 4.59. The molecule has 0 aliphatic carbocycles. The Hall–Kier alpha value is -1.81. The minimum Gasteiger partial charge on any atom is -0.365 e. The number of H-pyrrole nitrogens is 1. The van der Waals surface area contributed by atoms with E-state index in [4.69, 9.17) is 17.3 Å². The summed E-state index contributed by atoms with van der Waals surface area (Å²) in [6.07, 6.45) is 0. The van der Waals surface area contributed by atoms with Crippen LogP contribution in [0.1, 0.15) is 10.4 Å². The first-order valence-electron chi connectivity index (χ1n) is 4.21. The number of amides is 1. The third kappa shape index (κ3) is 1.49. The van der Waals surface area contributed by atoms with E-state index in [1.54, 1.807) is 24.3 Å². The zero-order chi connectivity index (χ0) is 11.0. The molecular formula is C10H7ClN2O2. The van der Waals surface area contributed by atoms with Gasteiger partial charge in [-0.1, -0.05) is 29.8 Å². The number of hydrogen-bond donors (Lipinski definition) is 2. The second kappa shape index (κ2) is 3.40. The maximum Gasteiger partial charge on any atom is 0.262 e. The average molecular weight is 223 g/mol. The van der Waals surface area contributed by atoms with Gasteiger partial charge in [-0.15, -0.1) is 0 Å². The zero-order valence-electron chi connectivity index (χ0n) is 7.58. The minimum absolute atomic E-state index is 0.0989. The monoisotopic (exact) mass is 222 g/mol. The average Bonchev–Trinajstić information content (AvgIpc) is 2.17. The van der Waals surface area contributed by atoms with Crippen molar-refractivity contribution in [2.24, 2.45) is 5.73 Å². The SMILES string of the molecule is NC(=O)c1c(Cl)c2ccccc2[nH]c1=O. The molecule has 0 radical (unpaired) electrons. The second-order valence-electron chi connectivity index (χ2n) is 3.05. The molecular weight excluding hydrogens is 216 g/mol. The number of fused-ring (bicyclic) bond motifs is 1. The Labute approximate surface area is 89.7 Å². The van der Waals surface area contributed by atoms with Crippen LogP contribution in [-0.2, 0) is 0 Å². The third-order valence-electron chi connectivity index (χ3n) is 2.10. The van der Waals surface area contributed by atoms with Gasteiger partial charge < -0.3 is 10.7 Å². The lowest BCUT2D eigenvalue weighted by molar-refractivity contribution is 0.0999. The molecule has 4 nitrogen and oxygen atoms in total. The Balaban J connectivity index is 2.97. The molecule has 0 fully saturated rings. The third-order valence-corrected chi connectivity index (χ3v) is 2.50. The van der Waals surface area contributed by atoms with Gasteiger partial charge in [0, 0.05) is 10.9 Å². The Morgan fingerprint density at radius 1 is 1.33 bits per heavy atom. The lowest BCUT2D eigenvalue weighted by Gasteiger charge is -2.03. The molecule has 15 heavy (non-hydrogen) atoms. The number of nitrogens with one attached hydrogen (secondary N) is 1. The van der Waals surface area contributed by atoms with Gasteiger partial charge in [0.05, 0.1) is 5.02 Å². The van der Waals surface area contributed by atoms with Crippen LogP contribution in [0.4, 0.5) is 0 Å². The molecule has 1 amide bonds. The number of carbonyl (C=O) groups is 1. The van der Waals surface area contributed by atoms with E-state index in [1.807, 2.05) is 0 Å². The highest BCUT2D eigenvalue weighted by atomic mass is 35.5. The van der Waals surface area contributed by atoms with Gasteiger partial charge in [-0.3, -0.25) is 9.59 Å². The normalized spacial score (nSPS) is 10.5. The molecule has 3 N–H and O–H groups in total. The summed E-state index contributed by atoms with van der Waals surface area (Å²) in [5, 5.41) is 0.703. The fraction of sp³-hybridized carbons (Fsp3) is 0. The molecule has 0 aliphatic heterocycles. The quantitative estimate of drug-likeness (QED) is 0.763. The fourth-order valence-electron chi connectivity index (χ4n) is 1.42. The first kappa shape index (κ1) is 9.73. The number of carbonyl (C=O) groups excluding carboxylic acids is 1. The molecule has 0 atom stereocenters. The van der Waals surface area contributed by atoms with E-state index < -0.39 is 11.5 Å². The van der Waals surface area contributed by atoms with E-state index in [2.05, 4.69) is 4.98 Å². The van der Waals surface area contributed by atoms with Gasteiger partial charge in [0.15, 0.2) is 0 Å². The molecule has 1 aromatic heterocycles. The summed E-state index contributed by atoms with van der Waals surface area (Å²) in [5.74, 6) is -0.827. The van der Waals surface area contributed by atoms with Gasteiger partial charge >= 0.3 is 0 Å². The number of aromatic nitrogens is 1. The van der Waals surface area contributed by atoms with Crippen LogP contribution in [0.2, 0.25) is 5.02 Å². The molecule has 2 aromatic rings. The van der Waals surface area contributed by atoms with Crippen molar-refractivity contribution in [1.29, 1.82) is 0 Å². The molecule has 0 aliphatic rings. The van der Waals surface area contributed by atoms with Crippen LogP contribution in [0.25, 0.3) is 10.9 Å². The van der Waals surface area contributed by atoms with Crippen molar-refractivity contribution >= 4 is 28.4 Å². The molecule has 0 spiro atoms. The van der Waals surface area contributed by atoms with Crippen molar-refractivity contribution in [3.63, 3.8) is 0 Å². The van der Waals surface area contributed by atoms with Gasteiger partial charge in [-0.25, -0.2) is 0 Å². The Bertz CT molecular complexity index is 604. The topological polar surface area (TPSA) is 76.0 Å². The molecule has 1 heterocycles. The summed E-state index contributed by atoms with van der Waals surface area (Å²) < 4.78 is 0. The molecule has 5 heteroatoms. The summed E-state index contributed by atoms with van der Waals surface area (Å²) in [6, 6.07) is 6.93. The van der Waals surface area contributed by atoms with E-state index in [9.17, 15) is 9.59 Å². The summed E-state index contributed by atoms with van der Waals surface area (Å²) in [7, 11) is 0. The van der Waals surface area contributed by atoms with Crippen LogP contribution < -0.4 is 11.3 Å². The van der Waals surface area contributed by atoms with E-state index in [0.717, 1.165) is 0 Å². The van der Waals surface area contributed by atoms with Crippen LogP contribution >= 0.6 is 11.6 Å². The maximum absolute atomic E-state index is 11.5. The van der Waals surface area contributed by atoms with Crippen molar-refractivity contribution < 1.29 is 4.79 Å². The highest BCUT2D eigenvalue weighted by Crippen LogP contribution is 2.22. The first-order chi connectivity index (χ1) is 7.11. The largest absolute Gasteiger partial charge is 0.365 e. The molecule has 2 rings (SSSR count). The number of pyridine rings is 1. The van der Waals surface area contributed by atoms with Crippen LogP contribution in [0.15, 0.2) is 29.1 Å². The van der Waals surface area contributed by atoms with E-state index >= 15 is 0 Å². The number of aromatic amines is 1. The summed E-state index contributed by atoms with van der Waals surface area (Å²) in [5.41, 5.74) is 4.88. The van der Waals surface area contributed by atoms with Gasteiger partial charge in [0.1, 0.15) is 5.56 Å². The maximum atomic E-state index is 11.5. The van der Waals surface area contributed by atoms with Crippen molar-refractivity contribution in [2.75, 3.05) is 0 Å². The Morgan fingerprint density at radius 2 is 2.00 bits per heavy atom. The van der Waals surface area contributed by atoms with Crippen molar-refractivity contribution in [3.05, 3.63) is 45.2 Å².